The summed E-state index contributed by atoms with van der Waals surface area (Å²) in [4.78, 5) is 12.3. The lowest BCUT2D eigenvalue weighted by molar-refractivity contribution is 0.0980. The number of ketones is 1. The molecule has 0 N–H and O–H groups in total. The van der Waals surface area contributed by atoms with E-state index in [9.17, 15) is 4.79 Å². The summed E-state index contributed by atoms with van der Waals surface area (Å²) in [7, 11) is 0. The third-order valence-electron chi connectivity index (χ3n) is 3.32. The summed E-state index contributed by atoms with van der Waals surface area (Å²) in [6, 6.07) is 18.0. The number of unbranched alkanes of at least 4 members (excludes halogenated alkanes) is 2. The molecule has 0 atom stereocenters. The maximum Gasteiger partial charge on any atom is 0.163 e. The van der Waals surface area contributed by atoms with Crippen LogP contribution in [-0.2, 0) is 0 Å². The first-order valence-corrected chi connectivity index (χ1v) is 7.00. The molecule has 0 fully saturated rings. The Balaban J connectivity index is 2.24. The molecule has 1 heteroatoms. The summed E-state index contributed by atoms with van der Waals surface area (Å²) in [6.07, 6.45) is 3.91. The van der Waals surface area contributed by atoms with Crippen LogP contribution in [0.5, 0.6) is 0 Å². The van der Waals surface area contributed by atoms with Crippen molar-refractivity contribution in [2.45, 2.75) is 32.6 Å². The fraction of sp³-hybridized carbons (Fsp3) is 0.278. The average Bonchev–Trinajstić information content (AvgIpc) is 2.48. The van der Waals surface area contributed by atoms with Gasteiger partial charge >= 0.3 is 0 Å². The van der Waals surface area contributed by atoms with E-state index >= 15 is 0 Å². The van der Waals surface area contributed by atoms with E-state index in [2.05, 4.69) is 19.1 Å². The second-order valence-corrected chi connectivity index (χ2v) is 4.79. The molecule has 0 saturated heterocycles. The SMILES string of the molecule is CCCCCC(=O)c1ccccc1-c1ccccc1. The van der Waals surface area contributed by atoms with E-state index in [4.69, 9.17) is 0 Å². The Kier molecular flexibility index (Phi) is 4.91. The summed E-state index contributed by atoms with van der Waals surface area (Å²) >= 11 is 0. The van der Waals surface area contributed by atoms with Gasteiger partial charge in [0.15, 0.2) is 5.78 Å². The third-order valence-corrected chi connectivity index (χ3v) is 3.32. The highest BCUT2D eigenvalue weighted by molar-refractivity contribution is 6.02. The highest BCUT2D eigenvalue weighted by Crippen LogP contribution is 2.24. The smallest absolute Gasteiger partial charge is 0.163 e. The molecule has 0 amide bonds. The lowest BCUT2D eigenvalue weighted by atomic mass is 9.95. The maximum atomic E-state index is 12.3. The molecule has 2 rings (SSSR count). The second-order valence-electron chi connectivity index (χ2n) is 4.79. The minimum Gasteiger partial charge on any atom is -0.294 e. The fourth-order valence-corrected chi connectivity index (χ4v) is 2.27. The molecule has 0 heterocycles. The van der Waals surface area contributed by atoms with Crippen LogP contribution in [0, 0.1) is 0 Å². The number of hydrogen-bond acceptors (Lipinski definition) is 1. The first kappa shape index (κ1) is 13.5. The lowest BCUT2D eigenvalue weighted by Gasteiger charge is -2.08. The van der Waals surface area contributed by atoms with E-state index in [0.29, 0.717) is 6.42 Å². The van der Waals surface area contributed by atoms with Crippen LogP contribution in [-0.4, -0.2) is 5.78 Å². The molecule has 0 unspecified atom stereocenters. The normalized spacial score (nSPS) is 10.4. The van der Waals surface area contributed by atoms with Gasteiger partial charge in [0.25, 0.3) is 0 Å². The topological polar surface area (TPSA) is 17.1 Å². The molecule has 98 valence electrons. The van der Waals surface area contributed by atoms with Gasteiger partial charge in [-0.3, -0.25) is 4.79 Å². The van der Waals surface area contributed by atoms with E-state index in [-0.39, 0.29) is 5.78 Å². The molecule has 0 aliphatic carbocycles. The molecule has 2 aromatic carbocycles. The largest absolute Gasteiger partial charge is 0.294 e. The number of benzene rings is 2. The first-order valence-electron chi connectivity index (χ1n) is 7.00. The number of Topliss-reactive ketones (excluding diaryl/α,β-unsaturated/α-hetero) is 1. The van der Waals surface area contributed by atoms with Gasteiger partial charge in [-0.15, -0.1) is 0 Å². The van der Waals surface area contributed by atoms with Gasteiger partial charge in [-0.2, -0.15) is 0 Å². The Bertz CT molecular complexity index is 528. The molecule has 0 spiro atoms. The average molecular weight is 252 g/mol. The van der Waals surface area contributed by atoms with Crippen molar-refractivity contribution < 1.29 is 4.79 Å². The minimum atomic E-state index is 0.257. The molecule has 0 saturated carbocycles. The molecule has 19 heavy (non-hydrogen) atoms. The molecule has 1 nitrogen and oxygen atoms in total. The van der Waals surface area contributed by atoms with E-state index in [1.54, 1.807) is 0 Å². The van der Waals surface area contributed by atoms with Crippen LogP contribution < -0.4 is 0 Å². The highest BCUT2D eigenvalue weighted by Gasteiger charge is 2.11. The highest BCUT2D eigenvalue weighted by atomic mass is 16.1. The van der Waals surface area contributed by atoms with E-state index in [0.717, 1.165) is 36.0 Å². The minimum absolute atomic E-state index is 0.257. The van der Waals surface area contributed by atoms with Gasteiger partial charge in [-0.1, -0.05) is 74.4 Å². The van der Waals surface area contributed by atoms with Gasteiger partial charge in [-0.25, -0.2) is 0 Å². The van der Waals surface area contributed by atoms with Crippen LogP contribution in [0.4, 0.5) is 0 Å². The summed E-state index contributed by atoms with van der Waals surface area (Å²) < 4.78 is 0. The van der Waals surface area contributed by atoms with Crippen LogP contribution in [0.2, 0.25) is 0 Å². The Hall–Kier alpha value is -1.89. The van der Waals surface area contributed by atoms with Crippen LogP contribution in [0.15, 0.2) is 54.6 Å². The maximum absolute atomic E-state index is 12.3. The zero-order valence-electron chi connectivity index (χ0n) is 11.4. The van der Waals surface area contributed by atoms with Gasteiger partial charge in [0, 0.05) is 12.0 Å². The number of carbonyl (C=O) groups excluding carboxylic acids is 1. The molecule has 0 aliphatic heterocycles. The Morgan fingerprint density at radius 2 is 1.58 bits per heavy atom. The van der Waals surface area contributed by atoms with Crippen LogP contribution >= 0.6 is 0 Å². The summed E-state index contributed by atoms with van der Waals surface area (Å²) in [5, 5.41) is 0. The van der Waals surface area contributed by atoms with Gasteiger partial charge in [0.05, 0.1) is 0 Å². The summed E-state index contributed by atoms with van der Waals surface area (Å²) in [5.41, 5.74) is 3.01. The molecule has 2 aromatic rings. The Morgan fingerprint density at radius 1 is 0.895 bits per heavy atom. The first-order chi connectivity index (χ1) is 9.33. The Labute approximate surface area is 115 Å². The Morgan fingerprint density at radius 3 is 2.32 bits per heavy atom. The van der Waals surface area contributed by atoms with Crippen molar-refractivity contribution in [3.05, 3.63) is 60.2 Å². The van der Waals surface area contributed by atoms with E-state index < -0.39 is 0 Å². The van der Waals surface area contributed by atoms with Gasteiger partial charge in [0.2, 0.25) is 0 Å². The van der Waals surface area contributed by atoms with Crippen molar-refractivity contribution in [2.24, 2.45) is 0 Å². The standard InChI is InChI=1S/C18H20O/c1-2-3-5-14-18(19)17-13-9-8-12-16(17)15-10-6-4-7-11-15/h4,6-13H,2-3,5,14H2,1H3. The predicted molar refractivity (Wildman–Crippen MR) is 80.4 cm³/mol. The molecule has 0 radical (unpaired) electrons. The quantitative estimate of drug-likeness (QED) is 0.515. The van der Waals surface area contributed by atoms with Gasteiger partial charge in [0.1, 0.15) is 0 Å². The summed E-state index contributed by atoms with van der Waals surface area (Å²) in [5.74, 6) is 0.257. The predicted octanol–water partition coefficient (Wildman–Crippen LogP) is 5.12. The van der Waals surface area contributed by atoms with E-state index in [1.807, 2.05) is 42.5 Å². The van der Waals surface area contributed by atoms with Crippen LogP contribution in [0.25, 0.3) is 11.1 Å². The van der Waals surface area contributed by atoms with Crippen LogP contribution in [0.1, 0.15) is 43.0 Å². The fourth-order valence-electron chi connectivity index (χ4n) is 2.27. The molecule has 0 aromatic heterocycles. The van der Waals surface area contributed by atoms with Crippen molar-refractivity contribution in [2.75, 3.05) is 0 Å². The lowest BCUT2D eigenvalue weighted by Crippen LogP contribution is -2.01. The van der Waals surface area contributed by atoms with Gasteiger partial charge < -0.3 is 0 Å². The monoisotopic (exact) mass is 252 g/mol. The second kappa shape index (κ2) is 6.89. The van der Waals surface area contributed by atoms with Crippen molar-refractivity contribution >= 4 is 5.78 Å². The van der Waals surface area contributed by atoms with Gasteiger partial charge in [-0.05, 0) is 17.5 Å². The van der Waals surface area contributed by atoms with Crippen molar-refractivity contribution in [3.63, 3.8) is 0 Å². The number of hydrogen-bond donors (Lipinski definition) is 0. The summed E-state index contributed by atoms with van der Waals surface area (Å²) in [6.45, 7) is 2.16. The third kappa shape index (κ3) is 3.54. The molecule has 0 aliphatic rings. The number of carbonyl (C=O) groups is 1. The van der Waals surface area contributed by atoms with Crippen molar-refractivity contribution in [1.82, 2.24) is 0 Å². The zero-order chi connectivity index (χ0) is 13.5. The van der Waals surface area contributed by atoms with Crippen molar-refractivity contribution in [3.8, 4) is 11.1 Å². The van der Waals surface area contributed by atoms with E-state index in [1.165, 1.54) is 0 Å². The molecular formula is C18H20O. The van der Waals surface area contributed by atoms with Crippen LogP contribution in [0.3, 0.4) is 0 Å². The number of rotatable bonds is 6. The molecule has 0 bridgehead atoms. The zero-order valence-corrected chi connectivity index (χ0v) is 11.4. The molecular weight excluding hydrogens is 232 g/mol. The van der Waals surface area contributed by atoms with Crippen molar-refractivity contribution in [1.29, 1.82) is 0 Å².